The minimum absolute atomic E-state index is 0.0137. The number of benzene rings is 2. The summed E-state index contributed by atoms with van der Waals surface area (Å²) in [5.41, 5.74) is 3.24. The van der Waals surface area contributed by atoms with Crippen LogP contribution in [0.15, 0.2) is 42.0 Å². The van der Waals surface area contributed by atoms with Crippen LogP contribution in [0.4, 0.5) is 5.69 Å². The van der Waals surface area contributed by atoms with Crippen LogP contribution in [0.1, 0.15) is 16.7 Å². The molecule has 2 aromatic carbocycles. The van der Waals surface area contributed by atoms with E-state index in [1.165, 1.54) is 13.2 Å². The van der Waals surface area contributed by atoms with Crippen molar-refractivity contribution in [2.45, 2.75) is 13.8 Å². The van der Waals surface area contributed by atoms with Crippen molar-refractivity contribution in [2.24, 2.45) is 0 Å². The highest BCUT2D eigenvalue weighted by molar-refractivity contribution is 6.30. The Morgan fingerprint density at radius 1 is 1.25 bits per heavy atom. The second-order valence-electron chi connectivity index (χ2n) is 5.37. The zero-order valence-corrected chi connectivity index (χ0v) is 14.4. The summed E-state index contributed by atoms with van der Waals surface area (Å²) in [6, 6.07) is 12.7. The summed E-state index contributed by atoms with van der Waals surface area (Å²) in [7, 11) is 1.53. The molecule has 1 N–H and O–H groups in total. The highest BCUT2D eigenvalue weighted by atomic mass is 35.5. The van der Waals surface area contributed by atoms with Crippen molar-refractivity contribution < 1.29 is 9.53 Å². The Kier molecular flexibility index (Phi) is 5.62. The second-order valence-corrected chi connectivity index (χ2v) is 5.80. The van der Waals surface area contributed by atoms with Crippen molar-refractivity contribution in [2.75, 3.05) is 12.4 Å². The van der Waals surface area contributed by atoms with Gasteiger partial charge in [0, 0.05) is 10.7 Å². The van der Waals surface area contributed by atoms with Crippen LogP contribution < -0.4 is 10.1 Å². The fourth-order valence-electron chi connectivity index (χ4n) is 2.16. The average Bonchev–Trinajstić information content (AvgIpc) is 2.55. The van der Waals surface area contributed by atoms with Gasteiger partial charge in [-0.05, 0) is 60.9 Å². The second kappa shape index (κ2) is 7.67. The molecule has 0 spiro atoms. The third kappa shape index (κ3) is 4.37. The van der Waals surface area contributed by atoms with E-state index in [0.29, 0.717) is 22.0 Å². The van der Waals surface area contributed by atoms with E-state index >= 15 is 0 Å². The molecular formula is C19H17ClN2O2. The quantitative estimate of drug-likeness (QED) is 0.658. The van der Waals surface area contributed by atoms with Crippen molar-refractivity contribution in [1.29, 1.82) is 5.26 Å². The summed E-state index contributed by atoms with van der Waals surface area (Å²) < 4.78 is 5.14. The summed E-state index contributed by atoms with van der Waals surface area (Å²) in [5, 5.41) is 12.5. The van der Waals surface area contributed by atoms with E-state index in [1.807, 2.05) is 38.1 Å². The van der Waals surface area contributed by atoms with Gasteiger partial charge in [0.2, 0.25) is 0 Å². The molecule has 4 nitrogen and oxygen atoms in total. The number of ether oxygens (including phenoxy) is 1. The van der Waals surface area contributed by atoms with Crippen molar-refractivity contribution >= 4 is 29.3 Å². The van der Waals surface area contributed by atoms with Gasteiger partial charge in [-0.15, -0.1) is 0 Å². The molecule has 24 heavy (non-hydrogen) atoms. The minimum atomic E-state index is -0.467. The number of hydrogen-bond donors (Lipinski definition) is 1. The number of nitrogens with zero attached hydrogens (tertiary/aromatic N) is 1. The maximum Gasteiger partial charge on any atom is 0.266 e. The summed E-state index contributed by atoms with van der Waals surface area (Å²) in [4.78, 5) is 12.4. The van der Waals surface area contributed by atoms with Crippen LogP contribution in [0.3, 0.4) is 0 Å². The summed E-state index contributed by atoms with van der Waals surface area (Å²) in [6.45, 7) is 3.83. The van der Waals surface area contributed by atoms with Gasteiger partial charge in [-0.3, -0.25) is 4.79 Å². The number of nitriles is 1. The molecule has 0 aliphatic heterocycles. The van der Waals surface area contributed by atoms with E-state index in [1.54, 1.807) is 18.2 Å². The monoisotopic (exact) mass is 340 g/mol. The lowest BCUT2D eigenvalue weighted by Crippen LogP contribution is -2.14. The molecule has 2 aromatic rings. The number of carbonyl (C=O) groups is 1. The van der Waals surface area contributed by atoms with Crippen LogP contribution in [0.5, 0.6) is 5.75 Å². The molecule has 0 saturated heterocycles. The van der Waals surface area contributed by atoms with Gasteiger partial charge in [0.15, 0.2) is 0 Å². The number of halogens is 1. The van der Waals surface area contributed by atoms with Gasteiger partial charge < -0.3 is 10.1 Å². The molecule has 0 aliphatic rings. The van der Waals surface area contributed by atoms with Gasteiger partial charge in [-0.2, -0.15) is 5.26 Å². The number of nitrogens with one attached hydrogen (secondary N) is 1. The topological polar surface area (TPSA) is 62.1 Å². The molecule has 0 fully saturated rings. The van der Waals surface area contributed by atoms with Crippen LogP contribution in [-0.2, 0) is 4.79 Å². The number of carbonyl (C=O) groups excluding carboxylic acids is 1. The molecule has 2 rings (SSSR count). The Morgan fingerprint density at radius 2 is 2.00 bits per heavy atom. The number of amides is 1. The molecule has 0 radical (unpaired) electrons. The first-order valence-electron chi connectivity index (χ1n) is 7.28. The molecule has 122 valence electrons. The Bertz CT molecular complexity index is 851. The Labute approximate surface area is 146 Å². The highest BCUT2D eigenvalue weighted by Gasteiger charge is 2.11. The molecule has 0 aromatic heterocycles. The smallest absolute Gasteiger partial charge is 0.266 e. The van der Waals surface area contributed by atoms with Crippen molar-refractivity contribution in [3.63, 3.8) is 0 Å². The predicted molar refractivity (Wildman–Crippen MR) is 96.1 cm³/mol. The maximum atomic E-state index is 12.4. The zero-order chi connectivity index (χ0) is 17.7. The SMILES string of the molecule is COc1cc(Cl)cc(/C=C(\C#N)C(=O)Nc2cc(C)ccc2C)c1. The molecule has 0 aliphatic carbocycles. The summed E-state index contributed by atoms with van der Waals surface area (Å²) >= 11 is 6.01. The predicted octanol–water partition coefficient (Wildman–Crippen LogP) is 4.51. The van der Waals surface area contributed by atoms with Gasteiger partial charge in [-0.1, -0.05) is 23.7 Å². The van der Waals surface area contributed by atoms with E-state index < -0.39 is 5.91 Å². The van der Waals surface area contributed by atoms with Crippen molar-refractivity contribution in [3.05, 3.63) is 63.7 Å². The Balaban J connectivity index is 2.31. The first-order chi connectivity index (χ1) is 11.4. The van der Waals surface area contributed by atoms with Gasteiger partial charge in [0.1, 0.15) is 17.4 Å². The summed E-state index contributed by atoms with van der Waals surface area (Å²) in [5.74, 6) is 0.0890. The fourth-order valence-corrected chi connectivity index (χ4v) is 2.39. The van der Waals surface area contributed by atoms with Crippen LogP contribution in [0, 0.1) is 25.2 Å². The van der Waals surface area contributed by atoms with Gasteiger partial charge in [0.05, 0.1) is 7.11 Å². The molecule has 0 bridgehead atoms. The Hall–Kier alpha value is -2.77. The van der Waals surface area contributed by atoms with Crippen LogP contribution in [0.2, 0.25) is 5.02 Å². The summed E-state index contributed by atoms with van der Waals surface area (Å²) in [6.07, 6.45) is 1.48. The first kappa shape index (κ1) is 17.6. The average molecular weight is 341 g/mol. The standard InChI is InChI=1S/C19H17ClN2O2/c1-12-4-5-13(2)18(6-12)22-19(23)15(11-21)7-14-8-16(20)10-17(9-14)24-3/h4-10H,1-3H3,(H,22,23)/b15-7+. The van der Waals surface area contributed by atoms with Crippen LogP contribution in [-0.4, -0.2) is 13.0 Å². The van der Waals surface area contributed by atoms with Gasteiger partial charge in [0.25, 0.3) is 5.91 Å². The lowest BCUT2D eigenvalue weighted by molar-refractivity contribution is -0.112. The maximum absolute atomic E-state index is 12.4. The van der Waals surface area contributed by atoms with E-state index in [0.717, 1.165) is 11.1 Å². The third-order valence-electron chi connectivity index (χ3n) is 3.45. The zero-order valence-electron chi connectivity index (χ0n) is 13.7. The molecule has 0 saturated carbocycles. The van der Waals surface area contributed by atoms with Crippen molar-refractivity contribution in [3.8, 4) is 11.8 Å². The van der Waals surface area contributed by atoms with Crippen LogP contribution >= 0.6 is 11.6 Å². The third-order valence-corrected chi connectivity index (χ3v) is 3.66. The number of rotatable bonds is 4. The molecule has 0 heterocycles. The van der Waals surface area contributed by atoms with Crippen molar-refractivity contribution in [1.82, 2.24) is 0 Å². The molecule has 0 atom stereocenters. The van der Waals surface area contributed by atoms with E-state index in [-0.39, 0.29) is 5.57 Å². The van der Waals surface area contributed by atoms with E-state index in [4.69, 9.17) is 16.3 Å². The normalized spacial score (nSPS) is 10.9. The molecule has 0 unspecified atom stereocenters. The molecule has 1 amide bonds. The first-order valence-corrected chi connectivity index (χ1v) is 7.65. The largest absolute Gasteiger partial charge is 0.497 e. The molecule has 5 heteroatoms. The molecular weight excluding hydrogens is 324 g/mol. The van der Waals surface area contributed by atoms with E-state index in [9.17, 15) is 10.1 Å². The van der Waals surface area contributed by atoms with Gasteiger partial charge >= 0.3 is 0 Å². The minimum Gasteiger partial charge on any atom is -0.497 e. The van der Waals surface area contributed by atoms with Gasteiger partial charge in [-0.25, -0.2) is 0 Å². The lowest BCUT2D eigenvalue weighted by atomic mass is 10.1. The highest BCUT2D eigenvalue weighted by Crippen LogP contribution is 2.23. The fraction of sp³-hybridized carbons (Fsp3) is 0.158. The number of anilines is 1. The Morgan fingerprint density at radius 3 is 2.67 bits per heavy atom. The number of hydrogen-bond acceptors (Lipinski definition) is 3. The van der Waals surface area contributed by atoms with E-state index in [2.05, 4.69) is 5.32 Å². The lowest BCUT2D eigenvalue weighted by Gasteiger charge is -2.09. The van der Waals surface area contributed by atoms with Crippen LogP contribution in [0.25, 0.3) is 6.08 Å². The number of methoxy groups -OCH3 is 1. The number of aryl methyl sites for hydroxylation is 2.